The van der Waals surface area contributed by atoms with Gasteiger partial charge in [0.05, 0.1) is 0 Å². The van der Waals surface area contributed by atoms with Gasteiger partial charge in [0.15, 0.2) is 5.82 Å². The number of aromatic hydroxyl groups is 1. The third-order valence-electron chi connectivity index (χ3n) is 2.81. The summed E-state index contributed by atoms with van der Waals surface area (Å²) in [5.41, 5.74) is 2.02. The topological polar surface area (TPSA) is 88.2 Å². The number of benzene rings is 1. The summed E-state index contributed by atoms with van der Waals surface area (Å²) in [6, 6.07) is 4.47. The molecule has 112 valence electrons. The molecule has 1 heterocycles. The number of nitrogens with two attached hydrogens (primary N) is 1. The molecule has 0 radical (unpaired) electrons. The highest BCUT2D eigenvalue weighted by atomic mass is 19.4. The number of halogens is 3. The minimum absolute atomic E-state index is 0.0761. The first-order valence-corrected chi connectivity index (χ1v) is 5.83. The van der Waals surface area contributed by atoms with Gasteiger partial charge in [-0.1, -0.05) is 18.2 Å². The summed E-state index contributed by atoms with van der Waals surface area (Å²) in [5.74, 6) is 3.95. The molecule has 1 aromatic heterocycles. The standard InChI is InChI=1S/C12H12F3N5O/c1-6-4-3-5-7(2)8(6)9-17-10(19-11(21)18-9)20(16)12(13,14)15/h3-5H,16H2,1-2H3,(H,17,18,19,21). The van der Waals surface area contributed by atoms with Crippen LogP contribution < -0.4 is 10.9 Å². The minimum atomic E-state index is -4.87. The Morgan fingerprint density at radius 3 is 2.19 bits per heavy atom. The van der Waals surface area contributed by atoms with Gasteiger partial charge in [0, 0.05) is 5.56 Å². The van der Waals surface area contributed by atoms with Crippen LogP contribution in [-0.4, -0.2) is 26.4 Å². The van der Waals surface area contributed by atoms with Gasteiger partial charge in [0.1, 0.15) is 0 Å². The Bertz CT molecular complexity index is 654. The molecule has 2 aromatic rings. The SMILES string of the molecule is Cc1cccc(C)c1-c1nc(O)nc(N(N)C(F)(F)F)n1. The molecule has 0 fully saturated rings. The summed E-state index contributed by atoms with van der Waals surface area (Å²) in [6.07, 6.45) is -4.87. The van der Waals surface area contributed by atoms with Gasteiger partial charge < -0.3 is 5.11 Å². The Balaban J connectivity index is 2.59. The number of hydrogen-bond donors (Lipinski definition) is 2. The lowest BCUT2D eigenvalue weighted by Crippen LogP contribution is -2.45. The first kappa shape index (κ1) is 15.0. The molecule has 0 saturated heterocycles. The Kier molecular flexibility index (Phi) is 3.69. The van der Waals surface area contributed by atoms with E-state index in [1.54, 1.807) is 32.0 Å². The van der Waals surface area contributed by atoms with E-state index in [0.717, 1.165) is 11.1 Å². The van der Waals surface area contributed by atoms with Gasteiger partial charge in [-0.05, 0) is 25.0 Å². The Morgan fingerprint density at radius 1 is 1.10 bits per heavy atom. The lowest BCUT2D eigenvalue weighted by molar-refractivity contribution is -0.130. The zero-order valence-electron chi connectivity index (χ0n) is 11.2. The van der Waals surface area contributed by atoms with Crippen LogP contribution in [0.5, 0.6) is 6.01 Å². The second-order valence-electron chi connectivity index (χ2n) is 4.36. The lowest BCUT2D eigenvalue weighted by atomic mass is 10.0. The molecule has 0 saturated carbocycles. The van der Waals surface area contributed by atoms with Gasteiger partial charge in [-0.25, -0.2) is 5.84 Å². The van der Waals surface area contributed by atoms with Crippen LogP contribution in [0.25, 0.3) is 11.4 Å². The first-order valence-electron chi connectivity index (χ1n) is 5.83. The minimum Gasteiger partial charge on any atom is -0.479 e. The Hall–Kier alpha value is -2.42. The number of aromatic nitrogens is 3. The van der Waals surface area contributed by atoms with Gasteiger partial charge >= 0.3 is 12.3 Å². The molecule has 3 N–H and O–H groups in total. The fourth-order valence-electron chi connectivity index (χ4n) is 1.85. The maximum Gasteiger partial charge on any atom is 0.501 e. The van der Waals surface area contributed by atoms with Crippen molar-refractivity contribution in [3.63, 3.8) is 0 Å². The monoisotopic (exact) mass is 299 g/mol. The number of hydrazine groups is 1. The highest BCUT2D eigenvalue weighted by Crippen LogP contribution is 2.28. The van der Waals surface area contributed by atoms with Crippen LogP contribution in [-0.2, 0) is 0 Å². The maximum atomic E-state index is 12.6. The van der Waals surface area contributed by atoms with Gasteiger partial charge in [-0.15, -0.1) is 13.2 Å². The molecular weight excluding hydrogens is 287 g/mol. The number of nitrogens with zero attached hydrogens (tertiary/aromatic N) is 4. The molecule has 0 unspecified atom stereocenters. The van der Waals surface area contributed by atoms with E-state index < -0.39 is 23.3 Å². The molecular formula is C12H12F3N5O. The van der Waals surface area contributed by atoms with E-state index in [-0.39, 0.29) is 5.82 Å². The van der Waals surface area contributed by atoms with Crippen molar-refractivity contribution in [1.29, 1.82) is 0 Å². The molecule has 0 aliphatic rings. The summed E-state index contributed by atoms with van der Waals surface area (Å²) < 4.78 is 37.7. The van der Waals surface area contributed by atoms with Crippen molar-refractivity contribution in [2.45, 2.75) is 20.1 Å². The van der Waals surface area contributed by atoms with E-state index in [1.165, 1.54) is 0 Å². The molecule has 2 rings (SSSR count). The van der Waals surface area contributed by atoms with E-state index in [1.807, 2.05) is 0 Å². The van der Waals surface area contributed by atoms with Crippen molar-refractivity contribution in [2.75, 3.05) is 5.01 Å². The summed E-state index contributed by atoms with van der Waals surface area (Å²) in [5, 5.41) is 8.86. The quantitative estimate of drug-likeness (QED) is 0.501. The van der Waals surface area contributed by atoms with Crippen molar-refractivity contribution >= 4 is 5.95 Å². The lowest BCUT2D eigenvalue weighted by Gasteiger charge is -2.19. The summed E-state index contributed by atoms with van der Waals surface area (Å²) >= 11 is 0. The zero-order valence-corrected chi connectivity index (χ0v) is 11.2. The third kappa shape index (κ3) is 3.02. The molecule has 0 amide bonds. The van der Waals surface area contributed by atoms with E-state index in [9.17, 15) is 18.3 Å². The number of rotatable bonds is 2. The van der Waals surface area contributed by atoms with Gasteiger partial charge in [0.25, 0.3) is 5.95 Å². The molecule has 21 heavy (non-hydrogen) atoms. The number of anilines is 1. The molecule has 0 bridgehead atoms. The Morgan fingerprint density at radius 2 is 1.67 bits per heavy atom. The molecule has 9 heteroatoms. The maximum absolute atomic E-state index is 12.6. The van der Waals surface area contributed by atoms with Gasteiger partial charge in [-0.3, -0.25) is 0 Å². The molecule has 0 atom stereocenters. The van der Waals surface area contributed by atoms with Crippen LogP contribution >= 0.6 is 0 Å². The average molecular weight is 299 g/mol. The normalized spacial score (nSPS) is 11.5. The second kappa shape index (κ2) is 5.17. The van der Waals surface area contributed by atoms with E-state index in [4.69, 9.17) is 5.84 Å². The first-order chi connectivity index (χ1) is 9.70. The number of aryl methyl sites for hydroxylation is 2. The third-order valence-corrected chi connectivity index (χ3v) is 2.81. The van der Waals surface area contributed by atoms with Crippen LogP contribution in [0.15, 0.2) is 18.2 Å². The molecule has 0 aliphatic heterocycles. The predicted octanol–water partition coefficient (Wildman–Crippen LogP) is 2.06. The predicted molar refractivity (Wildman–Crippen MR) is 69.1 cm³/mol. The van der Waals surface area contributed by atoms with Crippen LogP contribution in [0.2, 0.25) is 0 Å². The van der Waals surface area contributed by atoms with Crippen molar-refractivity contribution in [3.05, 3.63) is 29.3 Å². The van der Waals surface area contributed by atoms with Crippen LogP contribution in [0.3, 0.4) is 0 Å². The largest absolute Gasteiger partial charge is 0.501 e. The van der Waals surface area contributed by atoms with E-state index in [2.05, 4.69) is 15.0 Å². The molecule has 1 aromatic carbocycles. The van der Waals surface area contributed by atoms with Crippen LogP contribution in [0.1, 0.15) is 11.1 Å². The summed E-state index contributed by atoms with van der Waals surface area (Å²) in [4.78, 5) is 10.6. The molecule has 0 aliphatic carbocycles. The average Bonchev–Trinajstić information content (AvgIpc) is 2.36. The summed E-state index contributed by atoms with van der Waals surface area (Å²) in [6.45, 7) is 3.51. The van der Waals surface area contributed by atoms with Crippen molar-refractivity contribution < 1.29 is 18.3 Å². The van der Waals surface area contributed by atoms with E-state index in [0.29, 0.717) is 5.56 Å². The number of hydrogen-bond acceptors (Lipinski definition) is 6. The van der Waals surface area contributed by atoms with Crippen molar-refractivity contribution in [2.24, 2.45) is 5.84 Å². The second-order valence-corrected chi connectivity index (χ2v) is 4.36. The fraction of sp³-hybridized carbons (Fsp3) is 0.250. The van der Waals surface area contributed by atoms with Gasteiger partial charge in [0.2, 0.25) is 0 Å². The smallest absolute Gasteiger partial charge is 0.479 e. The van der Waals surface area contributed by atoms with Gasteiger partial charge in [-0.2, -0.15) is 20.0 Å². The van der Waals surface area contributed by atoms with Crippen molar-refractivity contribution in [1.82, 2.24) is 15.0 Å². The van der Waals surface area contributed by atoms with Crippen molar-refractivity contribution in [3.8, 4) is 17.4 Å². The molecule has 6 nitrogen and oxygen atoms in total. The Labute approximate surface area is 118 Å². The van der Waals surface area contributed by atoms with Crippen LogP contribution in [0.4, 0.5) is 19.1 Å². The highest BCUT2D eigenvalue weighted by Gasteiger charge is 2.38. The fourth-order valence-corrected chi connectivity index (χ4v) is 1.85. The zero-order chi connectivity index (χ0) is 15.8. The van der Waals surface area contributed by atoms with Crippen LogP contribution in [0, 0.1) is 13.8 Å². The number of alkyl halides is 3. The summed E-state index contributed by atoms with van der Waals surface area (Å²) in [7, 11) is 0. The highest BCUT2D eigenvalue weighted by molar-refractivity contribution is 5.65. The van der Waals surface area contributed by atoms with E-state index >= 15 is 0 Å². The molecule has 0 spiro atoms.